The van der Waals surface area contributed by atoms with Gasteiger partial charge in [-0.15, -0.1) is 10.2 Å². The number of fused-ring (bicyclic) bond motifs is 4. The van der Waals surface area contributed by atoms with Crippen molar-refractivity contribution in [3.63, 3.8) is 0 Å². The maximum Gasteiger partial charge on any atom is 0.452 e. The summed E-state index contributed by atoms with van der Waals surface area (Å²) in [6.45, 7) is 6.08. The molecule has 1 N–H and O–H groups in total. The van der Waals surface area contributed by atoms with Gasteiger partial charge in [-0.25, -0.2) is 13.4 Å². The number of aryl methyl sites for hydroxylation is 2. The number of carboxylic acids is 1. The number of carbonyl (C=O) groups is 1. The number of sulfonamides is 1. The second-order valence-corrected chi connectivity index (χ2v) is 13.8. The van der Waals surface area contributed by atoms with Crippen LogP contribution in [-0.2, 0) is 27.5 Å². The van der Waals surface area contributed by atoms with Crippen LogP contribution in [0.4, 0.5) is 19.0 Å². The fourth-order valence-corrected chi connectivity index (χ4v) is 8.25. The van der Waals surface area contributed by atoms with Gasteiger partial charge in [0.15, 0.2) is 5.65 Å². The van der Waals surface area contributed by atoms with Gasteiger partial charge in [0, 0.05) is 44.0 Å². The lowest BCUT2D eigenvalue weighted by molar-refractivity contribution is -0.145. The van der Waals surface area contributed by atoms with Crippen LogP contribution in [0, 0.1) is 19.8 Å². The fraction of sp³-hybridized carbons (Fsp3) is 0.419. The lowest BCUT2D eigenvalue weighted by Gasteiger charge is -2.36. The van der Waals surface area contributed by atoms with Crippen molar-refractivity contribution in [3.8, 4) is 0 Å². The van der Waals surface area contributed by atoms with Crippen LogP contribution in [0.15, 0.2) is 53.7 Å². The third-order valence-electron chi connectivity index (χ3n) is 9.11. The molecule has 4 aromatic rings. The van der Waals surface area contributed by atoms with E-state index in [1.165, 1.54) is 16.6 Å². The minimum Gasteiger partial charge on any atom is -0.481 e. The van der Waals surface area contributed by atoms with Crippen LogP contribution in [0.1, 0.15) is 65.7 Å². The molecule has 1 unspecified atom stereocenters. The number of anilines is 1. The molecule has 0 amide bonds. The number of rotatable bonds is 6. The fourth-order valence-electron chi connectivity index (χ4n) is 6.64. The van der Waals surface area contributed by atoms with Crippen LogP contribution in [0.25, 0.3) is 5.65 Å². The summed E-state index contributed by atoms with van der Waals surface area (Å²) in [4.78, 5) is 19.1. The molecule has 1 fully saturated rings. The summed E-state index contributed by atoms with van der Waals surface area (Å²) in [5.74, 6) is -3.52. The second-order valence-electron chi connectivity index (χ2n) is 11.9. The highest BCUT2D eigenvalue weighted by Gasteiger charge is 2.40. The monoisotopic (exact) mass is 642 g/mol. The van der Waals surface area contributed by atoms with Crippen molar-refractivity contribution in [3.05, 3.63) is 82.4 Å². The number of aliphatic carboxylic acids is 1. The average Bonchev–Trinajstić information content (AvgIpc) is 3.42. The normalized spacial score (nSPS) is 19.9. The summed E-state index contributed by atoms with van der Waals surface area (Å²) in [5, 5.41) is 17.2. The van der Waals surface area contributed by atoms with Gasteiger partial charge in [0.1, 0.15) is 10.7 Å². The predicted octanol–water partition coefficient (Wildman–Crippen LogP) is 5.18. The van der Waals surface area contributed by atoms with Crippen LogP contribution >= 0.6 is 0 Å². The Morgan fingerprint density at radius 3 is 2.64 bits per heavy atom. The van der Waals surface area contributed by atoms with Gasteiger partial charge in [-0.1, -0.05) is 25.1 Å². The molecule has 1 saturated heterocycles. The quantitative estimate of drug-likeness (QED) is 0.306. The first-order valence-electron chi connectivity index (χ1n) is 14.7. The largest absolute Gasteiger partial charge is 0.481 e. The first-order chi connectivity index (χ1) is 21.3. The van der Waals surface area contributed by atoms with Gasteiger partial charge in [-0.05, 0) is 79.1 Å². The number of aromatic nitrogens is 4. The predicted molar refractivity (Wildman–Crippen MR) is 159 cm³/mol. The molecule has 14 heteroatoms. The highest BCUT2D eigenvalue weighted by Crippen LogP contribution is 2.39. The molecule has 3 aromatic heterocycles. The second kappa shape index (κ2) is 11.4. The van der Waals surface area contributed by atoms with E-state index in [1.807, 2.05) is 19.1 Å². The van der Waals surface area contributed by atoms with Crippen molar-refractivity contribution in [2.45, 2.75) is 69.6 Å². The van der Waals surface area contributed by atoms with Crippen molar-refractivity contribution < 1.29 is 31.5 Å². The third kappa shape index (κ3) is 5.43. The van der Waals surface area contributed by atoms with Crippen LogP contribution in [0.3, 0.4) is 0 Å². The van der Waals surface area contributed by atoms with E-state index in [0.29, 0.717) is 28.1 Å². The molecule has 45 heavy (non-hydrogen) atoms. The first kappa shape index (κ1) is 31.0. The summed E-state index contributed by atoms with van der Waals surface area (Å²) < 4.78 is 71.0. The maximum atomic E-state index is 14.0. The molecule has 0 saturated carbocycles. The molecule has 2 aliphatic rings. The Bertz CT molecular complexity index is 1890. The zero-order chi connectivity index (χ0) is 32.3. The minimum absolute atomic E-state index is 0.0188. The summed E-state index contributed by atoms with van der Waals surface area (Å²) in [7, 11) is -3.92. The third-order valence-corrected chi connectivity index (χ3v) is 10.9. The Balaban J connectivity index is 1.42. The van der Waals surface area contributed by atoms with E-state index < -0.39 is 39.8 Å². The van der Waals surface area contributed by atoms with Crippen molar-refractivity contribution in [2.24, 2.45) is 5.92 Å². The molecule has 6 rings (SSSR count). The molecule has 1 aromatic carbocycles. The number of carboxylic acid groups (broad SMARTS) is 1. The zero-order valence-corrected chi connectivity index (χ0v) is 25.8. The number of piperidine rings is 1. The van der Waals surface area contributed by atoms with E-state index in [2.05, 4.69) is 20.1 Å². The van der Waals surface area contributed by atoms with E-state index in [4.69, 9.17) is 0 Å². The molecule has 238 valence electrons. The van der Waals surface area contributed by atoms with Gasteiger partial charge >= 0.3 is 12.1 Å². The molecule has 0 aliphatic carbocycles. The van der Waals surface area contributed by atoms with Gasteiger partial charge in [-0.2, -0.15) is 17.5 Å². The van der Waals surface area contributed by atoms with Gasteiger partial charge in [0.25, 0.3) is 0 Å². The lowest BCUT2D eigenvalue weighted by atomic mass is 9.79. The van der Waals surface area contributed by atoms with Gasteiger partial charge in [0.2, 0.25) is 15.8 Å². The number of alkyl halides is 3. The summed E-state index contributed by atoms with van der Waals surface area (Å²) in [6.07, 6.45) is 0.874. The van der Waals surface area contributed by atoms with E-state index >= 15 is 0 Å². The smallest absolute Gasteiger partial charge is 0.452 e. The Morgan fingerprint density at radius 1 is 1.13 bits per heavy atom. The van der Waals surface area contributed by atoms with Crippen molar-refractivity contribution in [2.75, 3.05) is 18.0 Å². The number of hydrogen-bond donors (Lipinski definition) is 1. The standard InChI is InChI=1S/C31H33F3N6O4S/c1-18-9-10-21(26(20(3)29(41)42)24-11-14-40-27(19(24)2)36-37-30(40)31(32,33)34)15-22(18)16-38-17-23-7-4-5-13-39(23)28-25(45(38,43)44)8-6-12-35-28/h6,8-12,14-15,20,23,26H,4-5,7,13,16-17H2,1-3H3,(H,41,42)/t20-,23-,26?/m0/s1. The van der Waals surface area contributed by atoms with E-state index in [1.54, 1.807) is 38.2 Å². The molecular weight excluding hydrogens is 609 g/mol. The summed E-state index contributed by atoms with van der Waals surface area (Å²) in [5.41, 5.74) is 2.97. The summed E-state index contributed by atoms with van der Waals surface area (Å²) >= 11 is 0. The van der Waals surface area contributed by atoms with E-state index in [-0.39, 0.29) is 29.7 Å². The van der Waals surface area contributed by atoms with Crippen molar-refractivity contribution in [1.82, 2.24) is 23.9 Å². The van der Waals surface area contributed by atoms with Crippen molar-refractivity contribution >= 4 is 27.5 Å². The highest BCUT2D eigenvalue weighted by molar-refractivity contribution is 7.89. The highest BCUT2D eigenvalue weighted by atomic mass is 32.2. The molecule has 0 spiro atoms. The molecule has 3 atom stereocenters. The number of halogens is 3. The van der Waals surface area contributed by atoms with Gasteiger partial charge in [0.05, 0.1) is 5.92 Å². The minimum atomic E-state index is -4.72. The topological polar surface area (TPSA) is 121 Å². The van der Waals surface area contributed by atoms with Gasteiger partial charge < -0.3 is 10.0 Å². The Kier molecular flexibility index (Phi) is 7.84. The molecular formula is C31H33F3N6O4S. The summed E-state index contributed by atoms with van der Waals surface area (Å²) in [6, 6.07) is 10.1. The Labute approximate surface area is 258 Å². The van der Waals surface area contributed by atoms with Crippen LogP contribution in [-0.4, -0.2) is 62.5 Å². The van der Waals surface area contributed by atoms with Crippen LogP contribution in [0.5, 0.6) is 0 Å². The molecule has 10 nitrogen and oxygen atoms in total. The Hall–Kier alpha value is -4.04. The van der Waals surface area contributed by atoms with Gasteiger partial charge in [-0.3, -0.25) is 9.20 Å². The van der Waals surface area contributed by atoms with Crippen LogP contribution < -0.4 is 4.90 Å². The maximum absolute atomic E-state index is 14.0. The molecule has 0 radical (unpaired) electrons. The lowest BCUT2D eigenvalue weighted by Crippen LogP contribution is -2.45. The number of benzene rings is 1. The zero-order valence-electron chi connectivity index (χ0n) is 25.0. The van der Waals surface area contributed by atoms with Crippen molar-refractivity contribution in [1.29, 1.82) is 0 Å². The number of pyridine rings is 2. The SMILES string of the molecule is Cc1ccc(C(c2ccn3c(C(F)(F)F)nnc3c2C)[C@H](C)C(=O)O)cc1CN1C[C@@H]2CCCCN2c2ncccc2S1(=O)=O. The number of nitrogens with zero attached hydrogens (tertiary/aromatic N) is 6. The molecule has 2 aliphatic heterocycles. The average molecular weight is 643 g/mol. The van der Waals surface area contributed by atoms with E-state index in [9.17, 15) is 31.5 Å². The first-order valence-corrected chi connectivity index (χ1v) is 16.2. The Morgan fingerprint density at radius 2 is 1.91 bits per heavy atom. The number of hydrogen-bond acceptors (Lipinski definition) is 7. The molecule has 0 bridgehead atoms. The van der Waals surface area contributed by atoms with E-state index in [0.717, 1.165) is 35.8 Å². The van der Waals surface area contributed by atoms with Crippen LogP contribution in [0.2, 0.25) is 0 Å². The molecule has 5 heterocycles.